The predicted molar refractivity (Wildman–Crippen MR) is 297 cm³/mol. The van der Waals surface area contributed by atoms with Crippen molar-refractivity contribution in [3.05, 3.63) is 199 Å². The lowest BCUT2D eigenvalue weighted by Gasteiger charge is -2.49. The third kappa shape index (κ3) is 6.26. The van der Waals surface area contributed by atoms with E-state index in [1.54, 1.807) is 0 Å². The van der Waals surface area contributed by atoms with E-state index in [1.165, 1.54) is 83.7 Å². The van der Waals surface area contributed by atoms with Gasteiger partial charge in [-0.3, -0.25) is 0 Å². The Labute approximate surface area is 406 Å². The van der Waals surface area contributed by atoms with Crippen molar-refractivity contribution in [3.63, 3.8) is 0 Å². The lowest BCUT2D eigenvalue weighted by atomic mass is 9.29. The van der Waals surface area contributed by atoms with Crippen LogP contribution < -0.4 is 58.9 Å². The van der Waals surface area contributed by atoms with Crippen molar-refractivity contribution >= 4 is 109 Å². The summed E-state index contributed by atoms with van der Waals surface area (Å²) in [4.78, 5) is 7.65. The molecular formula is C62H53B2N5. The van der Waals surface area contributed by atoms with Gasteiger partial charge < -0.3 is 26.2 Å². The van der Waals surface area contributed by atoms with Crippen LogP contribution in [-0.4, -0.2) is 13.4 Å². The molecule has 4 N–H and O–H groups in total. The Morgan fingerprint density at radius 2 is 0.739 bits per heavy atom. The average Bonchev–Trinajstić information content (AvgIpc) is 3.35. The monoisotopic (exact) mass is 889 g/mol. The van der Waals surface area contributed by atoms with Crippen LogP contribution >= 0.6 is 0 Å². The van der Waals surface area contributed by atoms with Crippen LogP contribution in [0.3, 0.4) is 0 Å². The van der Waals surface area contributed by atoms with Gasteiger partial charge in [0.2, 0.25) is 0 Å². The maximum atomic E-state index is 6.37. The molecule has 7 heteroatoms. The molecule has 0 saturated heterocycles. The first-order valence-corrected chi connectivity index (χ1v) is 24.3. The molecule has 4 aliphatic rings. The molecule has 9 aromatic rings. The Kier molecular flexibility index (Phi) is 8.86. The second-order valence-corrected chi connectivity index (χ2v) is 21.5. The molecule has 4 aliphatic heterocycles. The molecule has 0 saturated carbocycles. The average molecular weight is 890 g/mol. The SMILES string of the molecule is CC(C)(C)c1ccc(N2c3ccccc3B3c4cccc5c4N(c4cccc2c43)c2cc(-c3ccc(N)cc3)cc3c2B5c2ccc(-c4ccc(N)cc4)cc2N3c2ccc(C(C)(C)C)cc2)cc1. The summed E-state index contributed by atoms with van der Waals surface area (Å²) in [6.07, 6.45) is 0. The molecule has 0 bridgehead atoms. The van der Waals surface area contributed by atoms with Crippen molar-refractivity contribution in [3.8, 4) is 22.3 Å². The van der Waals surface area contributed by atoms with Crippen LogP contribution in [0.4, 0.5) is 62.6 Å². The molecule has 332 valence electrons. The van der Waals surface area contributed by atoms with Gasteiger partial charge in [0.05, 0.1) is 0 Å². The van der Waals surface area contributed by atoms with Crippen LogP contribution in [0.2, 0.25) is 0 Å². The van der Waals surface area contributed by atoms with E-state index in [9.17, 15) is 0 Å². The van der Waals surface area contributed by atoms with Gasteiger partial charge in [-0.15, -0.1) is 0 Å². The van der Waals surface area contributed by atoms with Crippen LogP contribution in [0, 0.1) is 0 Å². The first kappa shape index (κ1) is 41.3. The van der Waals surface area contributed by atoms with Gasteiger partial charge in [0.15, 0.2) is 0 Å². The summed E-state index contributed by atoms with van der Waals surface area (Å²) in [6.45, 7) is 13.7. The lowest BCUT2D eigenvalue weighted by Crippen LogP contribution is -2.68. The summed E-state index contributed by atoms with van der Waals surface area (Å²) < 4.78 is 0. The molecule has 0 aliphatic carbocycles. The largest absolute Gasteiger partial charge is 0.399 e. The second-order valence-electron chi connectivity index (χ2n) is 21.5. The van der Waals surface area contributed by atoms with Crippen LogP contribution in [-0.2, 0) is 10.8 Å². The van der Waals surface area contributed by atoms with E-state index in [2.05, 4.69) is 220 Å². The van der Waals surface area contributed by atoms with E-state index >= 15 is 0 Å². The Bertz CT molecular complexity index is 3550. The van der Waals surface area contributed by atoms with E-state index in [4.69, 9.17) is 11.5 Å². The molecule has 9 aromatic carbocycles. The molecule has 0 radical (unpaired) electrons. The first-order chi connectivity index (χ1) is 33.3. The van der Waals surface area contributed by atoms with E-state index in [0.717, 1.165) is 45.0 Å². The topological polar surface area (TPSA) is 61.8 Å². The highest BCUT2D eigenvalue weighted by Crippen LogP contribution is 2.49. The summed E-state index contributed by atoms with van der Waals surface area (Å²) in [6, 6.07) is 70.2. The third-order valence-electron chi connectivity index (χ3n) is 15.2. The maximum absolute atomic E-state index is 6.37. The number of hydrogen-bond donors (Lipinski definition) is 2. The molecule has 0 spiro atoms. The molecule has 0 atom stereocenters. The summed E-state index contributed by atoms with van der Waals surface area (Å²) >= 11 is 0. The molecular weight excluding hydrogens is 836 g/mol. The number of nitrogens with two attached hydrogens (primary N) is 2. The Morgan fingerprint density at radius 3 is 1.30 bits per heavy atom. The molecule has 0 fully saturated rings. The quantitative estimate of drug-likeness (QED) is 0.136. The fourth-order valence-electron chi connectivity index (χ4n) is 11.8. The highest BCUT2D eigenvalue weighted by atomic mass is 15.2. The Balaban J connectivity index is 1.11. The van der Waals surface area contributed by atoms with Crippen molar-refractivity contribution in [2.75, 3.05) is 26.2 Å². The van der Waals surface area contributed by atoms with Gasteiger partial charge in [-0.1, -0.05) is 145 Å². The predicted octanol–water partition coefficient (Wildman–Crippen LogP) is 11.5. The number of nitrogen functional groups attached to an aromatic ring is 2. The van der Waals surface area contributed by atoms with E-state index < -0.39 is 0 Å². The van der Waals surface area contributed by atoms with Crippen molar-refractivity contribution in [2.45, 2.75) is 52.4 Å². The molecule has 5 nitrogen and oxygen atoms in total. The zero-order valence-electron chi connectivity index (χ0n) is 40.0. The van der Waals surface area contributed by atoms with Gasteiger partial charge in [0.25, 0.3) is 13.4 Å². The van der Waals surface area contributed by atoms with E-state index in [0.29, 0.717) is 0 Å². The zero-order valence-corrected chi connectivity index (χ0v) is 40.0. The number of benzene rings is 9. The lowest BCUT2D eigenvalue weighted by molar-refractivity contribution is 0.590. The molecule has 0 aromatic heterocycles. The van der Waals surface area contributed by atoms with Crippen LogP contribution in [0.15, 0.2) is 188 Å². The number of nitrogens with zero attached hydrogens (tertiary/aromatic N) is 3. The third-order valence-corrected chi connectivity index (χ3v) is 15.2. The Hall–Kier alpha value is -7.89. The van der Waals surface area contributed by atoms with Crippen molar-refractivity contribution in [2.24, 2.45) is 0 Å². The molecule has 0 amide bonds. The number of fused-ring (bicyclic) bond motifs is 8. The minimum atomic E-state index is -0.0383. The van der Waals surface area contributed by atoms with Gasteiger partial charge >= 0.3 is 0 Å². The standard InChI is InChI=1S/C62H53B2N5/c1-61(2,3)42-22-30-46(31-23-42)67-52-14-8-7-11-48(52)63-50-12-9-13-51-60(50)69(54-16-10-15-53(67)58(54)63)57-37-41(39-19-28-45(66)29-20-39)36-56-59(57)64(51)49-34-21-40(38-17-26-44(65)27-18-38)35-55(49)68(56)47-32-24-43(25-33-47)62(4,5)6/h7-37H,65-66H2,1-6H3. The molecule has 4 heterocycles. The number of rotatable bonds is 4. The fraction of sp³-hybridized carbons (Fsp3) is 0.129. The first-order valence-electron chi connectivity index (χ1n) is 24.3. The van der Waals surface area contributed by atoms with Crippen molar-refractivity contribution in [1.29, 1.82) is 0 Å². The normalized spacial score (nSPS) is 13.9. The summed E-state index contributed by atoms with van der Waals surface area (Å²) in [7, 11) is 0. The summed E-state index contributed by atoms with van der Waals surface area (Å²) in [5, 5.41) is 0. The maximum Gasteiger partial charge on any atom is 0.252 e. The minimum Gasteiger partial charge on any atom is -0.399 e. The fourth-order valence-corrected chi connectivity index (χ4v) is 11.8. The van der Waals surface area contributed by atoms with Crippen LogP contribution in [0.25, 0.3) is 22.3 Å². The summed E-state index contributed by atoms with van der Waals surface area (Å²) in [5.74, 6) is 0. The van der Waals surface area contributed by atoms with E-state index in [-0.39, 0.29) is 24.3 Å². The molecule has 69 heavy (non-hydrogen) atoms. The summed E-state index contributed by atoms with van der Waals surface area (Å²) in [5.41, 5.74) is 39.9. The van der Waals surface area contributed by atoms with Gasteiger partial charge in [0, 0.05) is 62.6 Å². The number of para-hydroxylation sites is 2. The van der Waals surface area contributed by atoms with Crippen LogP contribution in [0.1, 0.15) is 52.7 Å². The van der Waals surface area contributed by atoms with Gasteiger partial charge in [-0.05, 0) is 162 Å². The van der Waals surface area contributed by atoms with E-state index in [1.807, 2.05) is 24.3 Å². The van der Waals surface area contributed by atoms with Crippen LogP contribution in [0.5, 0.6) is 0 Å². The zero-order chi connectivity index (χ0) is 47.1. The smallest absolute Gasteiger partial charge is 0.252 e. The molecule has 0 unspecified atom stereocenters. The molecule has 13 rings (SSSR count). The van der Waals surface area contributed by atoms with Crippen molar-refractivity contribution < 1.29 is 0 Å². The minimum absolute atomic E-state index is 0.00826. The number of anilines is 11. The highest BCUT2D eigenvalue weighted by molar-refractivity contribution is 7.04. The van der Waals surface area contributed by atoms with Gasteiger partial charge in [0.1, 0.15) is 0 Å². The Morgan fingerprint density at radius 1 is 0.333 bits per heavy atom. The van der Waals surface area contributed by atoms with Gasteiger partial charge in [-0.25, -0.2) is 0 Å². The second kappa shape index (κ2) is 14.8. The van der Waals surface area contributed by atoms with Crippen molar-refractivity contribution in [1.82, 2.24) is 0 Å². The van der Waals surface area contributed by atoms with Gasteiger partial charge in [-0.2, -0.15) is 0 Å². The highest BCUT2D eigenvalue weighted by Gasteiger charge is 2.50. The number of hydrogen-bond acceptors (Lipinski definition) is 5.